The molecule has 2 rings (SSSR count). The molecule has 4 nitrogen and oxygen atoms in total. The molecule has 1 heterocycles. The van der Waals surface area contributed by atoms with E-state index >= 15 is 0 Å². The lowest BCUT2D eigenvalue weighted by molar-refractivity contribution is -0.135. The fraction of sp³-hybridized carbons (Fsp3) is 0.400. The molecular formula is C15H19FN2O2. The van der Waals surface area contributed by atoms with E-state index < -0.39 is 5.82 Å². The van der Waals surface area contributed by atoms with Crippen LogP contribution in [0.25, 0.3) is 0 Å². The Morgan fingerprint density at radius 3 is 2.65 bits per heavy atom. The van der Waals surface area contributed by atoms with Gasteiger partial charge in [0.05, 0.1) is 0 Å². The first-order valence-electron chi connectivity index (χ1n) is 6.69. The fourth-order valence-corrected chi connectivity index (χ4v) is 2.15. The van der Waals surface area contributed by atoms with Crippen molar-refractivity contribution in [2.45, 2.75) is 0 Å². The van der Waals surface area contributed by atoms with Gasteiger partial charge in [-0.25, -0.2) is 4.39 Å². The average Bonchev–Trinajstić information content (AvgIpc) is 2.47. The third-order valence-electron chi connectivity index (χ3n) is 3.30. The molecule has 5 heteroatoms. The molecule has 1 aliphatic rings. The molecule has 0 aromatic heterocycles. The summed E-state index contributed by atoms with van der Waals surface area (Å²) in [6.45, 7) is 7.43. The highest BCUT2D eigenvalue weighted by molar-refractivity contribution is 5.77. The van der Waals surface area contributed by atoms with Crippen LogP contribution in [0, 0.1) is 5.82 Å². The van der Waals surface area contributed by atoms with Crippen LogP contribution in [-0.4, -0.2) is 55.0 Å². The summed E-state index contributed by atoms with van der Waals surface area (Å²) in [5, 5.41) is 0. The molecule has 0 radical (unpaired) electrons. The van der Waals surface area contributed by atoms with Crippen LogP contribution in [0.15, 0.2) is 36.9 Å². The lowest BCUT2D eigenvalue weighted by Crippen LogP contribution is -2.49. The second-order valence-corrected chi connectivity index (χ2v) is 4.69. The van der Waals surface area contributed by atoms with Crippen molar-refractivity contribution in [2.75, 3.05) is 39.3 Å². The van der Waals surface area contributed by atoms with Gasteiger partial charge in [-0.05, 0) is 12.1 Å². The Kier molecular flexibility index (Phi) is 5.12. The number of nitrogens with zero attached hydrogens (tertiary/aromatic N) is 2. The van der Waals surface area contributed by atoms with E-state index in [1.54, 1.807) is 17.0 Å². The highest BCUT2D eigenvalue weighted by Crippen LogP contribution is 2.15. The maximum Gasteiger partial charge on any atom is 0.260 e. The summed E-state index contributed by atoms with van der Waals surface area (Å²) in [5.41, 5.74) is 0. The number of hydrogen-bond acceptors (Lipinski definition) is 3. The molecule has 1 saturated heterocycles. The number of carbonyl (C=O) groups excluding carboxylic acids is 1. The van der Waals surface area contributed by atoms with E-state index in [2.05, 4.69) is 11.5 Å². The Balaban J connectivity index is 1.79. The smallest absolute Gasteiger partial charge is 0.260 e. The third kappa shape index (κ3) is 3.81. The Hall–Kier alpha value is -1.88. The number of amides is 1. The molecule has 1 aromatic carbocycles. The van der Waals surface area contributed by atoms with Crippen molar-refractivity contribution in [3.8, 4) is 5.75 Å². The Labute approximate surface area is 118 Å². The van der Waals surface area contributed by atoms with E-state index in [0.29, 0.717) is 13.1 Å². The molecule has 1 fully saturated rings. The molecular weight excluding hydrogens is 259 g/mol. The maximum atomic E-state index is 13.4. The van der Waals surface area contributed by atoms with Crippen molar-refractivity contribution in [1.82, 2.24) is 9.80 Å². The van der Waals surface area contributed by atoms with E-state index in [1.807, 2.05) is 6.08 Å². The number of halogens is 1. The molecule has 1 aliphatic heterocycles. The first kappa shape index (κ1) is 14.5. The molecule has 0 aliphatic carbocycles. The number of rotatable bonds is 5. The number of hydrogen-bond donors (Lipinski definition) is 0. The van der Waals surface area contributed by atoms with Gasteiger partial charge in [-0.2, -0.15) is 0 Å². The number of piperazine rings is 1. The zero-order chi connectivity index (χ0) is 14.4. The van der Waals surface area contributed by atoms with Crippen LogP contribution in [-0.2, 0) is 4.79 Å². The largest absolute Gasteiger partial charge is 0.481 e. The summed E-state index contributed by atoms with van der Waals surface area (Å²) in [5.74, 6) is -0.436. The molecule has 0 spiro atoms. The van der Waals surface area contributed by atoms with Gasteiger partial charge in [-0.3, -0.25) is 9.69 Å². The van der Waals surface area contributed by atoms with Crippen LogP contribution in [0.1, 0.15) is 0 Å². The quantitative estimate of drug-likeness (QED) is 0.766. The van der Waals surface area contributed by atoms with Crippen molar-refractivity contribution < 1.29 is 13.9 Å². The van der Waals surface area contributed by atoms with Gasteiger partial charge in [0.1, 0.15) is 0 Å². The SMILES string of the molecule is C=CCN1CCN(C(=O)COc2ccccc2F)CC1. The van der Waals surface area contributed by atoms with Crippen molar-refractivity contribution in [3.05, 3.63) is 42.7 Å². The van der Waals surface area contributed by atoms with Crippen molar-refractivity contribution in [1.29, 1.82) is 0 Å². The number of para-hydroxylation sites is 1. The molecule has 0 bridgehead atoms. The topological polar surface area (TPSA) is 32.8 Å². The average molecular weight is 278 g/mol. The predicted octanol–water partition coefficient (Wildman–Crippen LogP) is 1.53. The van der Waals surface area contributed by atoms with Crippen molar-refractivity contribution >= 4 is 5.91 Å². The summed E-state index contributed by atoms with van der Waals surface area (Å²) < 4.78 is 18.6. The highest BCUT2D eigenvalue weighted by atomic mass is 19.1. The molecule has 20 heavy (non-hydrogen) atoms. The zero-order valence-electron chi connectivity index (χ0n) is 11.4. The number of carbonyl (C=O) groups is 1. The van der Waals surface area contributed by atoms with Crippen LogP contribution in [0.5, 0.6) is 5.75 Å². The number of benzene rings is 1. The van der Waals surface area contributed by atoms with Crippen LogP contribution in [0.4, 0.5) is 4.39 Å². The van der Waals surface area contributed by atoms with Crippen molar-refractivity contribution in [3.63, 3.8) is 0 Å². The minimum absolute atomic E-state index is 0.105. The van der Waals surface area contributed by atoms with Gasteiger partial charge >= 0.3 is 0 Å². The summed E-state index contributed by atoms with van der Waals surface area (Å²) in [4.78, 5) is 16.0. The van der Waals surface area contributed by atoms with E-state index in [4.69, 9.17) is 4.74 Å². The van der Waals surface area contributed by atoms with E-state index in [-0.39, 0.29) is 18.3 Å². The van der Waals surface area contributed by atoms with Gasteiger partial charge in [-0.15, -0.1) is 6.58 Å². The van der Waals surface area contributed by atoms with Gasteiger partial charge in [0.15, 0.2) is 18.2 Å². The van der Waals surface area contributed by atoms with Crippen LogP contribution < -0.4 is 4.74 Å². The molecule has 0 N–H and O–H groups in total. The highest BCUT2D eigenvalue weighted by Gasteiger charge is 2.20. The van der Waals surface area contributed by atoms with E-state index in [9.17, 15) is 9.18 Å². The summed E-state index contributed by atoms with van der Waals surface area (Å²) >= 11 is 0. The zero-order valence-corrected chi connectivity index (χ0v) is 11.4. The molecule has 0 saturated carbocycles. The predicted molar refractivity (Wildman–Crippen MR) is 75.1 cm³/mol. The lowest BCUT2D eigenvalue weighted by atomic mass is 10.3. The standard InChI is InChI=1S/C15H19FN2O2/c1-2-7-17-8-10-18(11-9-17)15(19)12-20-14-6-4-3-5-13(14)16/h2-6H,1,7-12H2. The fourth-order valence-electron chi connectivity index (χ4n) is 2.15. The molecule has 108 valence electrons. The van der Waals surface area contributed by atoms with Gasteiger partial charge in [0.2, 0.25) is 0 Å². The molecule has 0 atom stereocenters. The maximum absolute atomic E-state index is 13.4. The van der Waals surface area contributed by atoms with Gasteiger partial charge in [0, 0.05) is 32.7 Å². The van der Waals surface area contributed by atoms with Gasteiger partial charge in [-0.1, -0.05) is 18.2 Å². The Bertz CT molecular complexity index is 471. The van der Waals surface area contributed by atoms with Crippen molar-refractivity contribution in [2.24, 2.45) is 0 Å². The van der Waals surface area contributed by atoms with Gasteiger partial charge < -0.3 is 9.64 Å². The summed E-state index contributed by atoms with van der Waals surface area (Å²) in [6, 6.07) is 6.10. The molecule has 1 amide bonds. The lowest BCUT2D eigenvalue weighted by Gasteiger charge is -2.34. The number of ether oxygens (including phenoxy) is 1. The molecule has 0 unspecified atom stereocenters. The minimum atomic E-state index is -0.448. The van der Waals surface area contributed by atoms with Crippen LogP contribution >= 0.6 is 0 Å². The van der Waals surface area contributed by atoms with Gasteiger partial charge in [0.25, 0.3) is 5.91 Å². The first-order chi connectivity index (χ1) is 9.70. The van der Waals surface area contributed by atoms with Crippen LogP contribution in [0.3, 0.4) is 0 Å². The Morgan fingerprint density at radius 1 is 1.30 bits per heavy atom. The van der Waals surface area contributed by atoms with Crippen LogP contribution in [0.2, 0.25) is 0 Å². The first-order valence-corrected chi connectivity index (χ1v) is 6.69. The Morgan fingerprint density at radius 2 is 2.00 bits per heavy atom. The van der Waals surface area contributed by atoms with E-state index in [0.717, 1.165) is 19.6 Å². The molecule has 1 aromatic rings. The second kappa shape index (κ2) is 7.05. The van der Waals surface area contributed by atoms with E-state index in [1.165, 1.54) is 12.1 Å². The summed E-state index contributed by atoms with van der Waals surface area (Å²) in [7, 11) is 0. The summed E-state index contributed by atoms with van der Waals surface area (Å²) in [6.07, 6.45) is 1.86. The monoisotopic (exact) mass is 278 g/mol. The minimum Gasteiger partial charge on any atom is -0.481 e. The third-order valence-corrected chi connectivity index (χ3v) is 3.30. The second-order valence-electron chi connectivity index (χ2n) is 4.69. The normalized spacial score (nSPS) is 15.9.